The summed E-state index contributed by atoms with van der Waals surface area (Å²) in [5.74, 6) is 0. The molecule has 0 atom stereocenters. The van der Waals surface area contributed by atoms with Gasteiger partial charge >= 0.3 is 0 Å². The van der Waals surface area contributed by atoms with Gasteiger partial charge in [-0.1, -0.05) is 53.0 Å². The number of hydrogen-bond acceptors (Lipinski definition) is 1. The number of ether oxygens (including phenoxy) is 1. The number of halogens is 1. The molecule has 0 aliphatic heterocycles. The first-order chi connectivity index (χ1) is 7.88. The van der Waals surface area contributed by atoms with Crippen LogP contribution >= 0.6 is 15.9 Å². The average molecular weight is 283 g/mol. The molecular formula is C14H19BrO. The molecule has 2 rings (SSSR count). The summed E-state index contributed by atoms with van der Waals surface area (Å²) < 4.78 is 5.85. The fourth-order valence-corrected chi connectivity index (χ4v) is 2.57. The molecule has 0 amide bonds. The summed E-state index contributed by atoms with van der Waals surface area (Å²) in [7, 11) is 0. The minimum atomic E-state index is 0.543. The second-order valence-electron chi connectivity index (χ2n) is 4.48. The van der Waals surface area contributed by atoms with Crippen molar-refractivity contribution in [2.45, 2.75) is 43.5 Å². The van der Waals surface area contributed by atoms with Gasteiger partial charge in [0.2, 0.25) is 0 Å². The van der Waals surface area contributed by atoms with E-state index in [4.69, 9.17) is 4.74 Å². The van der Waals surface area contributed by atoms with Crippen LogP contribution in [-0.2, 0) is 16.5 Å². The maximum absolute atomic E-state index is 5.85. The average Bonchev–Trinajstić information content (AvgIpc) is 2.83. The van der Waals surface area contributed by atoms with Crippen LogP contribution < -0.4 is 0 Å². The van der Waals surface area contributed by atoms with E-state index in [1.165, 1.54) is 36.8 Å². The van der Waals surface area contributed by atoms with Gasteiger partial charge in [-0.15, -0.1) is 0 Å². The first kappa shape index (κ1) is 12.1. The Morgan fingerprint density at radius 3 is 2.31 bits per heavy atom. The maximum atomic E-state index is 5.85. The van der Waals surface area contributed by atoms with E-state index in [2.05, 4.69) is 40.2 Å². The molecule has 0 aromatic heterocycles. The Hall–Kier alpha value is -0.340. The molecule has 0 saturated heterocycles. The molecule has 0 bridgehead atoms. The number of hydrogen-bond donors (Lipinski definition) is 0. The molecule has 0 heterocycles. The Bertz CT molecular complexity index is 301. The zero-order valence-electron chi connectivity index (χ0n) is 9.62. The van der Waals surface area contributed by atoms with E-state index in [9.17, 15) is 0 Å². The standard InChI is InChI=1S/C14H19BrO/c15-11-13-7-5-12(6-8-13)9-10-16-14-3-1-2-4-14/h5-8,14H,1-4,9-11H2. The Morgan fingerprint density at radius 2 is 1.69 bits per heavy atom. The predicted molar refractivity (Wildman–Crippen MR) is 71.0 cm³/mol. The summed E-state index contributed by atoms with van der Waals surface area (Å²) in [6.07, 6.45) is 6.82. The van der Waals surface area contributed by atoms with Crippen LogP contribution in [0.1, 0.15) is 36.8 Å². The maximum Gasteiger partial charge on any atom is 0.0575 e. The molecule has 88 valence electrons. The predicted octanol–water partition coefficient (Wildman–Crippen LogP) is 4.08. The third-order valence-corrected chi connectivity index (χ3v) is 3.87. The molecule has 1 aliphatic carbocycles. The third-order valence-electron chi connectivity index (χ3n) is 3.22. The molecule has 1 nitrogen and oxygen atoms in total. The van der Waals surface area contributed by atoms with Gasteiger partial charge in [-0.05, 0) is 30.4 Å². The van der Waals surface area contributed by atoms with Gasteiger partial charge in [0.25, 0.3) is 0 Å². The lowest BCUT2D eigenvalue weighted by atomic mass is 10.1. The Morgan fingerprint density at radius 1 is 1.06 bits per heavy atom. The van der Waals surface area contributed by atoms with Crippen molar-refractivity contribution in [2.75, 3.05) is 6.61 Å². The number of rotatable bonds is 5. The number of benzene rings is 1. The lowest BCUT2D eigenvalue weighted by molar-refractivity contribution is 0.0606. The lowest BCUT2D eigenvalue weighted by Crippen LogP contribution is -2.10. The molecule has 16 heavy (non-hydrogen) atoms. The largest absolute Gasteiger partial charge is 0.378 e. The summed E-state index contributed by atoms with van der Waals surface area (Å²) >= 11 is 3.45. The highest BCUT2D eigenvalue weighted by Gasteiger charge is 2.14. The quantitative estimate of drug-likeness (QED) is 0.740. The van der Waals surface area contributed by atoms with Crippen LogP contribution in [0.4, 0.5) is 0 Å². The van der Waals surface area contributed by atoms with Crippen LogP contribution in [0.15, 0.2) is 24.3 Å². The van der Waals surface area contributed by atoms with Crippen molar-refractivity contribution in [3.8, 4) is 0 Å². The second kappa shape index (κ2) is 6.41. The summed E-state index contributed by atoms with van der Waals surface area (Å²) in [6, 6.07) is 8.77. The van der Waals surface area contributed by atoms with Gasteiger partial charge in [0.1, 0.15) is 0 Å². The molecule has 1 aromatic rings. The highest BCUT2D eigenvalue weighted by molar-refractivity contribution is 9.08. The van der Waals surface area contributed by atoms with Crippen LogP contribution in [-0.4, -0.2) is 12.7 Å². The molecule has 2 heteroatoms. The molecule has 1 aliphatic rings. The van der Waals surface area contributed by atoms with Crippen molar-refractivity contribution < 1.29 is 4.74 Å². The van der Waals surface area contributed by atoms with Crippen molar-refractivity contribution in [2.24, 2.45) is 0 Å². The van der Waals surface area contributed by atoms with Crippen molar-refractivity contribution in [1.29, 1.82) is 0 Å². The van der Waals surface area contributed by atoms with E-state index >= 15 is 0 Å². The summed E-state index contributed by atoms with van der Waals surface area (Å²) in [5, 5.41) is 0.936. The van der Waals surface area contributed by atoms with E-state index in [1.807, 2.05) is 0 Å². The summed E-state index contributed by atoms with van der Waals surface area (Å²) in [5.41, 5.74) is 2.71. The zero-order valence-corrected chi connectivity index (χ0v) is 11.2. The monoisotopic (exact) mass is 282 g/mol. The van der Waals surface area contributed by atoms with E-state index in [0.717, 1.165) is 18.4 Å². The van der Waals surface area contributed by atoms with Gasteiger partial charge in [0, 0.05) is 5.33 Å². The normalized spacial score (nSPS) is 16.8. The molecule has 0 spiro atoms. The van der Waals surface area contributed by atoms with Gasteiger partial charge in [0.15, 0.2) is 0 Å². The zero-order chi connectivity index (χ0) is 11.2. The van der Waals surface area contributed by atoms with Gasteiger partial charge in [-0.2, -0.15) is 0 Å². The van der Waals surface area contributed by atoms with Crippen LogP contribution in [0, 0.1) is 0 Å². The fourth-order valence-electron chi connectivity index (χ4n) is 2.19. The first-order valence-electron chi connectivity index (χ1n) is 6.14. The highest BCUT2D eigenvalue weighted by Crippen LogP contribution is 2.21. The Labute approximate surface area is 106 Å². The molecule has 0 radical (unpaired) electrons. The van der Waals surface area contributed by atoms with E-state index in [0.29, 0.717) is 6.10 Å². The van der Waals surface area contributed by atoms with E-state index < -0.39 is 0 Å². The van der Waals surface area contributed by atoms with Crippen molar-refractivity contribution in [3.05, 3.63) is 35.4 Å². The molecule has 1 fully saturated rings. The SMILES string of the molecule is BrCc1ccc(CCOC2CCCC2)cc1. The van der Waals surface area contributed by atoms with Crippen molar-refractivity contribution in [3.63, 3.8) is 0 Å². The molecule has 0 N–H and O–H groups in total. The minimum Gasteiger partial charge on any atom is -0.378 e. The first-order valence-corrected chi connectivity index (χ1v) is 7.26. The molecule has 1 saturated carbocycles. The molecule has 0 unspecified atom stereocenters. The topological polar surface area (TPSA) is 9.23 Å². The fraction of sp³-hybridized carbons (Fsp3) is 0.571. The second-order valence-corrected chi connectivity index (χ2v) is 5.04. The smallest absolute Gasteiger partial charge is 0.0575 e. The van der Waals surface area contributed by atoms with Gasteiger partial charge in [-0.25, -0.2) is 0 Å². The molecule has 1 aromatic carbocycles. The summed E-state index contributed by atoms with van der Waals surface area (Å²) in [6.45, 7) is 0.873. The van der Waals surface area contributed by atoms with Crippen LogP contribution in [0.25, 0.3) is 0 Å². The highest BCUT2D eigenvalue weighted by atomic mass is 79.9. The molecular weight excluding hydrogens is 264 g/mol. The summed E-state index contributed by atoms with van der Waals surface area (Å²) in [4.78, 5) is 0. The van der Waals surface area contributed by atoms with Gasteiger partial charge < -0.3 is 4.74 Å². The van der Waals surface area contributed by atoms with Crippen LogP contribution in [0.5, 0.6) is 0 Å². The Kier molecular flexibility index (Phi) is 4.86. The van der Waals surface area contributed by atoms with Crippen molar-refractivity contribution in [1.82, 2.24) is 0 Å². The van der Waals surface area contributed by atoms with Gasteiger partial charge in [0.05, 0.1) is 12.7 Å². The number of alkyl halides is 1. The van der Waals surface area contributed by atoms with Crippen LogP contribution in [0.2, 0.25) is 0 Å². The van der Waals surface area contributed by atoms with E-state index in [1.54, 1.807) is 0 Å². The minimum absolute atomic E-state index is 0.543. The third kappa shape index (κ3) is 3.60. The van der Waals surface area contributed by atoms with Crippen molar-refractivity contribution >= 4 is 15.9 Å². The Balaban J connectivity index is 1.71. The van der Waals surface area contributed by atoms with E-state index in [-0.39, 0.29) is 0 Å². The van der Waals surface area contributed by atoms with Gasteiger partial charge in [-0.3, -0.25) is 0 Å². The van der Waals surface area contributed by atoms with Crippen LogP contribution in [0.3, 0.4) is 0 Å². The lowest BCUT2D eigenvalue weighted by Gasteiger charge is -2.10.